The third kappa shape index (κ3) is 8.19. The lowest BCUT2D eigenvalue weighted by molar-refractivity contribution is 0.275. The largest absolute Gasteiger partial charge is 0.507 e. The van der Waals surface area contributed by atoms with Gasteiger partial charge in [-0.2, -0.15) is 0 Å². The molecule has 17 heavy (non-hydrogen) atoms. The van der Waals surface area contributed by atoms with Crippen LogP contribution in [0.1, 0.15) is 0 Å². The predicted octanol–water partition coefficient (Wildman–Crippen LogP) is 2.36. The maximum absolute atomic E-state index is 10.7. The summed E-state index contributed by atoms with van der Waals surface area (Å²) in [5.41, 5.74) is 0. The fourth-order valence-corrected chi connectivity index (χ4v) is 3.90. The second-order valence-corrected chi connectivity index (χ2v) is 7.57. The first-order valence-corrected chi connectivity index (χ1v) is 9.53. The van der Waals surface area contributed by atoms with Crippen molar-refractivity contribution in [2.24, 2.45) is 0 Å². The molecule has 0 aliphatic heterocycles. The molecule has 0 unspecified atom stereocenters. The quantitative estimate of drug-likeness (QED) is 0.261. The van der Waals surface area contributed by atoms with Crippen LogP contribution in [0.25, 0.3) is 0 Å². The molecule has 0 radical (unpaired) electrons. The lowest BCUT2D eigenvalue weighted by Crippen LogP contribution is -1.78. The average Bonchev–Trinajstić information content (AvgIpc) is 1.95. The van der Waals surface area contributed by atoms with Crippen molar-refractivity contribution in [2.45, 2.75) is 0 Å². The highest BCUT2D eigenvalue weighted by atomic mass is 127. The van der Waals surface area contributed by atoms with Gasteiger partial charge in [-0.05, 0) is 28.1 Å². The standard InChI is InChI=1S/C6H3Br2IO3.H3O4P/c7-3-1-4(8)6(9(11)12)5(10)2-3;1-5(2,3)4/h1-2,10H;(H3,1,2,3,4). The molecule has 0 bridgehead atoms. The molecule has 4 N–H and O–H groups in total. The van der Waals surface area contributed by atoms with Crippen LogP contribution in [0.2, 0.25) is 0 Å². The van der Waals surface area contributed by atoms with Crippen LogP contribution in [-0.2, 0) is 10.7 Å². The number of phenolic OH excluding ortho intramolecular Hbond substituents is 1. The number of phenols is 1. The summed E-state index contributed by atoms with van der Waals surface area (Å²) in [4.78, 5) is 21.6. The fourth-order valence-electron chi connectivity index (χ4n) is 0.695. The first-order chi connectivity index (χ1) is 7.52. The van der Waals surface area contributed by atoms with Crippen molar-refractivity contribution >= 4 is 59.5 Å². The summed E-state index contributed by atoms with van der Waals surface area (Å²) in [5.74, 6) is -0.216. The Kier molecular flexibility index (Phi) is 7.29. The normalized spacial score (nSPS) is 10.9. The Labute approximate surface area is 120 Å². The van der Waals surface area contributed by atoms with Gasteiger partial charge < -0.3 is 19.8 Å². The molecule has 7 nitrogen and oxygen atoms in total. The highest BCUT2D eigenvalue weighted by Gasteiger charge is 2.12. The molecule has 1 aromatic carbocycles. The van der Waals surface area contributed by atoms with E-state index in [0.29, 0.717) is 8.95 Å². The Morgan fingerprint density at radius 1 is 1.12 bits per heavy atom. The van der Waals surface area contributed by atoms with E-state index in [1.165, 1.54) is 6.07 Å². The van der Waals surface area contributed by atoms with Gasteiger partial charge >= 0.3 is 27.6 Å². The molecule has 0 aliphatic rings. The second-order valence-electron chi connectivity index (χ2n) is 2.45. The van der Waals surface area contributed by atoms with Crippen LogP contribution in [0.15, 0.2) is 21.1 Å². The first-order valence-electron chi connectivity index (χ1n) is 3.54. The van der Waals surface area contributed by atoms with Gasteiger partial charge in [-0.15, -0.1) is 0 Å². The zero-order valence-corrected chi connectivity index (χ0v) is 14.0. The number of halogens is 3. The Hall–Kier alpha value is 0.420. The van der Waals surface area contributed by atoms with Crippen molar-refractivity contribution in [1.82, 2.24) is 0 Å². The summed E-state index contributed by atoms with van der Waals surface area (Å²) < 4.78 is 31.3. The molecule has 0 heterocycles. The summed E-state index contributed by atoms with van der Waals surface area (Å²) >= 11 is 2.56. The molecular weight excluding hydrogens is 502 g/mol. The summed E-state index contributed by atoms with van der Waals surface area (Å²) in [6, 6.07) is 2.93. The minimum absolute atomic E-state index is 0.00222. The summed E-state index contributed by atoms with van der Waals surface area (Å²) in [6.07, 6.45) is 0. The van der Waals surface area contributed by atoms with Gasteiger partial charge in [0.05, 0.1) is 0 Å². The molecule has 98 valence electrons. The smallest absolute Gasteiger partial charge is 0.466 e. The zero-order chi connectivity index (χ0) is 13.8. The Balaban J connectivity index is 0.000000437. The average molecular weight is 508 g/mol. The van der Waals surface area contributed by atoms with Crippen LogP contribution in [0, 0.1) is 3.57 Å². The van der Waals surface area contributed by atoms with Gasteiger partial charge in [-0.25, -0.2) is 10.7 Å². The van der Waals surface area contributed by atoms with Crippen LogP contribution in [0.3, 0.4) is 0 Å². The van der Waals surface area contributed by atoms with Gasteiger partial charge in [0.1, 0.15) is 9.32 Å². The van der Waals surface area contributed by atoms with E-state index in [0.717, 1.165) is 0 Å². The van der Waals surface area contributed by atoms with Gasteiger partial charge in [-0.3, -0.25) is 0 Å². The van der Waals surface area contributed by atoms with Crippen molar-refractivity contribution < 1.29 is 30.5 Å². The van der Waals surface area contributed by atoms with E-state index >= 15 is 0 Å². The molecule has 1 aromatic rings. The van der Waals surface area contributed by atoms with Crippen LogP contribution in [0.4, 0.5) is 0 Å². The first kappa shape index (κ1) is 17.4. The van der Waals surface area contributed by atoms with Crippen molar-refractivity contribution in [3.05, 3.63) is 24.6 Å². The lowest BCUT2D eigenvalue weighted by atomic mass is 10.3. The Morgan fingerprint density at radius 2 is 1.53 bits per heavy atom. The molecule has 0 aromatic heterocycles. The van der Waals surface area contributed by atoms with E-state index in [9.17, 15) is 11.2 Å². The SMILES string of the molecule is O=I(=O)c1c(O)cc(Br)cc1Br.O=P(O)(O)O. The van der Waals surface area contributed by atoms with E-state index in [4.69, 9.17) is 19.2 Å². The number of hydrogen-bond donors (Lipinski definition) is 4. The monoisotopic (exact) mass is 506 g/mol. The van der Waals surface area contributed by atoms with Crippen molar-refractivity contribution in [2.75, 3.05) is 0 Å². The lowest BCUT2D eigenvalue weighted by Gasteiger charge is -1.99. The molecule has 0 amide bonds. The topological polar surface area (TPSA) is 132 Å². The molecule has 0 spiro atoms. The van der Waals surface area contributed by atoms with E-state index in [1.807, 2.05) is 0 Å². The molecule has 0 saturated heterocycles. The van der Waals surface area contributed by atoms with Gasteiger partial charge in [0.15, 0.2) is 0 Å². The fraction of sp³-hybridized carbons (Fsp3) is 0. The predicted molar refractivity (Wildman–Crippen MR) is 71.9 cm³/mol. The van der Waals surface area contributed by atoms with Gasteiger partial charge in [0.25, 0.3) is 0 Å². The minimum Gasteiger partial charge on any atom is -0.507 e. The van der Waals surface area contributed by atoms with Gasteiger partial charge in [0.2, 0.25) is 0 Å². The maximum Gasteiger partial charge on any atom is 0.466 e. The van der Waals surface area contributed by atoms with E-state index in [1.54, 1.807) is 6.07 Å². The number of phosphoric acid groups is 1. The third-order valence-corrected chi connectivity index (χ3v) is 4.97. The van der Waals surface area contributed by atoms with Crippen LogP contribution in [-0.4, -0.2) is 19.8 Å². The highest BCUT2D eigenvalue weighted by Crippen LogP contribution is 2.36. The molecule has 0 aliphatic carbocycles. The molecule has 0 fully saturated rings. The molecule has 1 rings (SSSR count). The molecule has 0 atom stereocenters. The number of hydrogen-bond acceptors (Lipinski definition) is 4. The minimum atomic E-state index is -4.64. The van der Waals surface area contributed by atoms with E-state index in [2.05, 4.69) is 31.9 Å². The molecular formula is C6H6Br2IO7P. The zero-order valence-electron chi connectivity index (χ0n) is 7.75. The van der Waals surface area contributed by atoms with Gasteiger partial charge in [0, 0.05) is 8.95 Å². The summed E-state index contributed by atoms with van der Waals surface area (Å²) in [7, 11) is -4.64. The summed E-state index contributed by atoms with van der Waals surface area (Å²) in [5, 5.41) is 9.22. The Bertz CT molecular complexity index is 484. The summed E-state index contributed by atoms with van der Waals surface area (Å²) in [6.45, 7) is 0. The highest BCUT2D eigenvalue weighted by molar-refractivity contribution is 14.2. The van der Waals surface area contributed by atoms with Crippen LogP contribution >= 0.6 is 59.5 Å². The number of rotatable bonds is 1. The van der Waals surface area contributed by atoms with E-state index in [-0.39, 0.29) is 9.32 Å². The van der Waals surface area contributed by atoms with Crippen LogP contribution in [0.5, 0.6) is 5.75 Å². The third-order valence-electron chi connectivity index (χ3n) is 1.13. The van der Waals surface area contributed by atoms with Crippen molar-refractivity contribution in [3.8, 4) is 5.75 Å². The van der Waals surface area contributed by atoms with E-state index < -0.39 is 27.6 Å². The van der Waals surface area contributed by atoms with Crippen molar-refractivity contribution in [3.63, 3.8) is 0 Å². The van der Waals surface area contributed by atoms with Crippen LogP contribution < -0.4 is 0 Å². The van der Waals surface area contributed by atoms with Gasteiger partial charge in [-0.1, -0.05) is 15.9 Å². The van der Waals surface area contributed by atoms with Crippen molar-refractivity contribution in [1.29, 1.82) is 0 Å². The Morgan fingerprint density at radius 3 is 1.82 bits per heavy atom. The maximum atomic E-state index is 10.7. The second kappa shape index (κ2) is 7.12. The number of aromatic hydroxyl groups is 1. The molecule has 0 saturated carbocycles. The number of benzene rings is 1. The molecule has 11 heteroatoms.